The maximum atomic E-state index is 12.8. The molecule has 23 heavy (non-hydrogen) atoms. The van der Waals surface area contributed by atoms with Gasteiger partial charge < -0.3 is 9.84 Å². The number of rotatable bonds is 3. The lowest BCUT2D eigenvalue weighted by Crippen LogP contribution is -2.43. The number of nitro groups is 1. The van der Waals surface area contributed by atoms with Crippen molar-refractivity contribution >= 4 is 23.2 Å². The summed E-state index contributed by atoms with van der Waals surface area (Å²) in [6, 6.07) is 5.62. The fourth-order valence-corrected chi connectivity index (χ4v) is 3.73. The molecule has 118 valence electrons. The average molecular weight is 316 g/mol. The van der Waals surface area contributed by atoms with Crippen molar-refractivity contribution in [2.75, 3.05) is 11.5 Å². The van der Waals surface area contributed by atoms with Crippen LogP contribution in [0.25, 0.3) is 0 Å². The number of aliphatic hydroxyl groups is 1. The summed E-state index contributed by atoms with van der Waals surface area (Å²) in [5.41, 5.74) is -1.57. The summed E-state index contributed by atoms with van der Waals surface area (Å²) in [4.78, 5) is 36.9. The minimum absolute atomic E-state index is 0.0469. The van der Waals surface area contributed by atoms with Crippen molar-refractivity contribution in [2.45, 2.75) is 11.7 Å². The summed E-state index contributed by atoms with van der Waals surface area (Å²) in [7, 11) is 0. The molecule has 4 rings (SSSR count). The zero-order valence-corrected chi connectivity index (χ0v) is 11.8. The van der Waals surface area contributed by atoms with Gasteiger partial charge in [-0.15, -0.1) is 0 Å². The van der Waals surface area contributed by atoms with Gasteiger partial charge in [0.2, 0.25) is 11.8 Å². The predicted molar refractivity (Wildman–Crippen MR) is 76.4 cm³/mol. The van der Waals surface area contributed by atoms with E-state index in [2.05, 4.69) is 0 Å². The number of nitro benzene ring substituents is 1. The van der Waals surface area contributed by atoms with Gasteiger partial charge in [-0.1, -0.05) is 24.3 Å². The van der Waals surface area contributed by atoms with Gasteiger partial charge in [0.05, 0.1) is 29.5 Å². The third-order valence-corrected chi connectivity index (χ3v) is 4.72. The maximum Gasteiger partial charge on any atom is 0.293 e. The third-order valence-electron chi connectivity index (χ3n) is 4.72. The smallest absolute Gasteiger partial charge is 0.293 e. The molecule has 4 atom stereocenters. The Balaban J connectivity index is 1.82. The molecule has 3 aliphatic heterocycles. The van der Waals surface area contributed by atoms with Crippen LogP contribution < -0.4 is 4.90 Å². The maximum absolute atomic E-state index is 12.8. The van der Waals surface area contributed by atoms with E-state index >= 15 is 0 Å². The summed E-state index contributed by atoms with van der Waals surface area (Å²) < 4.78 is 5.62. The Morgan fingerprint density at radius 1 is 1.30 bits per heavy atom. The lowest BCUT2D eigenvalue weighted by molar-refractivity contribution is -0.384. The highest BCUT2D eigenvalue weighted by Gasteiger charge is 2.68. The molecule has 0 aromatic heterocycles. The number of amides is 2. The molecule has 0 spiro atoms. The zero-order valence-electron chi connectivity index (χ0n) is 11.8. The van der Waals surface area contributed by atoms with Crippen molar-refractivity contribution in [3.8, 4) is 0 Å². The molecule has 2 fully saturated rings. The van der Waals surface area contributed by atoms with Gasteiger partial charge in [-0.05, 0) is 6.07 Å². The Labute approximate surface area is 130 Å². The van der Waals surface area contributed by atoms with Gasteiger partial charge in [0.25, 0.3) is 5.69 Å². The zero-order chi connectivity index (χ0) is 16.4. The van der Waals surface area contributed by atoms with Crippen LogP contribution >= 0.6 is 0 Å². The average Bonchev–Trinajstić information content (AvgIpc) is 3.18. The van der Waals surface area contributed by atoms with E-state index < -0.39 is 46.9 Å². The molecular weight excluding hydrogens is 304 g/mol. The van der Waals surface area contributed by atoms with Crippen molar-refractivity contribution in [2.24, 2.45) is 11.8 Å². The SMILES string of the molecule is O=C1[C@H]2[C@@H]3C=C[C@](CO)(O3)[C@@H]2C(=O)N1c1ccccc1[N+](=O)[O-]. The third kappa shape index (κ3) is 1.61. The van der Waals surface area contributed by atoms with E-state index in [0.717, 1.165) is 4.90 Å². The standard InChI is InChI=1S/C15H12N2O6/c18-7-15-6-5-10(23-15)11-12(15)14(20)16(13(11)19)8-3-1-2-4-9(8)17(21)22/h1-6,10-12,18H,7H2/t10-,11-,12-,15+/m0/s1. The minimum Gasteiger partial charge on any atom is -0.393 e. The fraction of sp³-hybridized carbons (Fsp3) is 0.333. The van der Waals surface area contributed by atoms with E-state index in [-0.39, 0.29) is 11.4 Å². The molecule has 2 bridgehead atoms. The highest BCUT2D eigenvalue weighted by atomic mass is 16.6. The highest BCUT2D eigenvalue weighted by molar-refractivity contribution is 6.24. The number of carbonyl (C=O) groups is 2. The number of aliphatic hydroxyl groups excluding tert-OH is 1. The van der Waals surface area contributed by atoms with Crippen LogP contribution in [0, 0.1) is 22.0 Å². The van der Waals surface area contributed by atoms with Crippen molar-refractivity contribution in [3.63, 3.8) is 0 Å². The van der Waals surface area contributed by atoms with Gasteiger partial charge in [0.1, 0.15) is 11.3 Å². The van der Waals surface area contributed by atoms with E-state index in [4.69, 9.17) is 4.74 Å². The number of ether oxygens (including phenoxy) is 1. The van der Waals surface area contributed by atoms with Crippen molar-refractivity contribution in [1.82, 2.24) is 0 Å². The summed E-state index contributed by atoms with van der Waals surface area (Å²) in [5.74, 6) is -2.71. The molecule has 0 radical (unpaired) electrons. The van der Waals surface area contributed by atoms with Crippen LogP contribution in [-0.4, -0.2) is 40.2 Å². The first kappa shape index (κ1) is 14.0. The van der Waals surface area contributed by atoms with Crippen molar-refractivity contribution < 1.29 is 24.4 Å². The second kappa shape index (κ2) is 4.46. The molecule has 1 N–H and O–H groups in total. The van der Waals surface area contributed by atoms with Crippen LogP contribution in [0.4, 0.5) is 11.4 Å². The molecule has 0 saturated carbocycles. The topological polar surface area (TPSA) is 110 Å². The first-order valence-corrected chi connectivity index (χ1v) is 7.09. The number of carbonyl (C=O) groups excluding carboxylic acids is 2. The normalized spacial score (nSPS) is 34.3. The monoisotopic (exact) mass is 316 g/mol. The van der Waals surface area contributed by atoms with E-state index in [9.17, 15) is 24.8 Å². The Morgan fingerprint density at radius 2 is 2.04 bits per heavy atom. The minimum atomic E-state index is -1.21. The molecular formula is C15H12N2O6. The Morgan fingerprint density at radius 3 is 2.74 bits per heavy atom. The number of anilines is 1. The fourth-order valence-electron chi connectivity index (χ4n) is 3.73. The van der Waals surface area contributed by atoms with Gasteiger partial charge >= 0.3 is 0 Å². The highest BCUT2D eigenvalue weighted by Crippen LogP contribution is 2.52. The van der Waals surface area contributed by atoms with E-state index in [1.54, 1.807) is 12.2 Å². The summed E-state index contributed by atoms with van der Waals surface area (Å²) in [6.45, 7) is -0.426. The first-order valence-electron chi connectivity index (χ1n) is 7.09. The molecule has 1 aromatic carbocycles. The van der Waals surface area contributed by atoms with Crippen LogP contribution in [0.2, 0.25) is 0 Å². The summed E-state index contributed by atoms with van der Waals surface area (Å²) >= 11 is 0. The number of para-hydroxylation sites is 2. The second-order valence-corrected chi connectivity index (χ2v) is 5.82. The van der Waals surface area contributed by atoms with E-state index in [1.165, 1.54) is 24.3 Å². The summed E-state index contributed by atoms with van der Waals surface area (Å²) in [6.07, 6.45) is 2.68. The number of nitrogens with zero attached hydrogens (tertiary/aromatic N) is 2. The molecule has 8 nitrogen and oxygen atoms in total. The van der Waals surface area contributed by atoms with Gasteiger partial charge in [-0.25, -0.2) is 4.90 Å². The Kier molecular flexibility index (Phi) is 2.72. The molecule has 3 heterocycles. The van der Waals surface area contributed by atoms with Crippen molar-refractivity contribution in [3.05, 3.63) is 46.5 Å². The predicted octanol–water partition coefficient (Wildman–Crippen LogP) is 0.400. The number of fused-ring (bicyclic) bond motifs is 5. The van der Waals surface area contributed by atoms with E-state index in [0.29, 0.717) is 0 Å². The molecule has 3 aliphatic rings. The summed E-state index contributed by atoms with van der Waals surface area (Å²) in [5, 5.41) is 20.8. The van der Waals surface area contributed by atoms with Gasteiger partial charge in [0.15, 0.2) is 0 Å². The number of hydrogen-bond donors (Lipinski definition) is 1. The lowest BCUT2D eigenvalue weighted by Gasteiger charge is -2.26. The Hall–Kier alpha value is -2.58. The molecule has 1 aromatic rings. The molecule has 0 unspecified atom stereocenters. The van der Waals surface area contributed by atoms with E-state index in [1.807, 2.05) is 0 Å². The van der Waals surface area contributed by atoms with Crippen LogP contribution in [0.15, 0.2) is 36.4 Å². The molecule has 2 saturated heterocycles. The second-order valence-electron chi connectivity index (χ2n) is 5.82. The molecule has 0 aliphatic carbocycles. The largest absolute Gasteiger partial charge is 0.393 e. The number of benzene rings is 1. The van der Waals surface area contributed by atoms with Crippen molar-refractivity contribution in [1.29, 1.82) is 0 Å². The van der Waals surface area contributed by atoms with Crippen LogP contribution in [0.1, 0.15) is 0 Å². The van der Waals surface area contributed by atoms with Crippen LogP contribution in [0.3, 0.4) is 0 Å². The quantitative estimate of drug-likeness (QED) is 0.374. The Bertz CT molecular complexity index is 775. The number of imide groups is 1. The van der Waals surface area contributed by atoms with Gasteiger partial charge in [-0.3, -0.25) is 19.7 Å². The molecule has 8 heteroatoms. The van der Waals surface area contributed by atoms with Crippen LogP contribution in [0.5, 0.6) is 0 Å². The first-order chi connectivity index (χ1) is 11.0. The van der Waals surface area contributed by atoms with Gasteiger partial charge in [0, 0.05) is 6.07 Å². The molecule has 2 amide bonds. The van der Waals surface area contributed by atoms with Crippen LogP contribution in [-0.2, 0) is 14.3 Å². The lowest BCUT2D eigenvalue weighted by atomic mass is 9.77. The van der Waals surface area contributed by atoms with Gasteiger partial charge in [-0.2, -0.15) is 0 Å². The number of hydrogen-bond acceptors (Lipinski definition) is 6.